The highest BCUT2D eigenvalue weighted by atomic mass is 19.1. The van der Waals surface area contributed by atoms with E-state index in [4.69, 9.17) is 0 Å². The highest BCUT2D eigenvalue weighted by Gasteiger charge is 2.10. The van der Waals surface area contributed by atoms with Crippen LogP contribution in [-0.4, -0.2) is 10.8 Å². The molecule has 3 aromatic rings. The second kappa shape index (κ2) is 4.85. The van der Waals surface area contributed by atoms with Gasteiger partial charge in [0.25, 0.3) is 0 Å². The van der Waals surface area contributed by atoms with E-state index in [9.17, 15) is 9.18 Å². The Morgan fingerprint density at radius 2 is 1.65 bits per heavy atom. The number of rotatable bonds is 2. The lowest BCUT2D eigenvalue weighted by Gasteiger charge is -2.04. The molecule has 3 heteroatoms. The van der Waals surface area contributed by atoms with Gasteiger partial charge in [-0.15, -0.1) is 0 Å². The molecule has 1 aromatic heterocycles. The molecule has 0 unspecified atom stereocenters. The fourth-order valence-corrected chi connectivity index (χ4v) is 2.14. The summed E-state index contributed by atoms with van der Waals surface area (Å²) < 4.78 is 12.9. The SMILES string of the molecule is Cc1ccc2cc(C(=O)c3ccc(F)cc3)ccc2n1. The van der Waals surface area contributed by atoms with Crippen molar-refractivity contribution in [1.82, 2.24) is 4.98 Å². The summed E-state index contributed by atoms with van der Waals surface area (Å²) in [6.45, 7) is 1.93. The van der Waals surface area contributed by atoms with Gasteiger partial charge in [-0.3, -0.25) is 9.78 Å². The Morgan fingerprint density at radius 3 is 2.40 bits per heavy atom. The highest BCUT2D eigenvalue weighted by Crippen LogP contribution is 2.17. The largest absolute Gasteiger partial charge is 0.289 e. The summed E-state index contributed by atoms with van der Waals surface area (Å²) in [5.41, 5.74) is 2.86. The van der Waals surface area contributed by atoms with Gasteiger partial charge in [-0.1, -0.05) is 6.07 Å². The van der Waals surface area contributed by atoms with Gasteiger partial charge >= 0.3 is 0 Å². The van der Waals surface area contributed by atoms with Crippen LogP contribution in [0.15, 0.2) is 54.6 Å². The van der Waals surface area contributed by atoms with Crippen LogP contribution in [0.4, 0.5) is 4.39 Å². The van der Waals surface area contributed by atoms with E-state index in [0.717, 1.165) is 16.6 Å². The molecule has 0 amide bonds. The second-order valence-corrected chi connectivity index (χ2v) is 4.70. The standard InChI is InChI=1S/C17H12FNO/c1-11-2-3-13-10-14(6-9-16(13)19-11)17(20)12-4-7-15(18)8-5-12/h2-10H,1H3. The van der Waals surface area contributed by atoms with Crippen molar-refractivity contribution in [2.75, 3.05) is 0 Å². The molecule has 0 saturated heterocycles. The maximum Gasteiger partial charge on any atom is 0.193 e. The average Bonchev–Trinajstić information content (AvgIpc) is 2.47. The van der Waals surface area contributed by atoms with Crippen molar-refractivity contribution in [3.05, 3.63) is 77.2 Å². The summed E-state index contributed by atoms with van der Waals surface area (Å²) in [4.78, 5) is 16.7. The first kappa shape index (κ1) is 12.5. The molecule has 98 valence electrons. The van der Waals surface area contributed by atoms with Crippen LogP contribution in [0.3, 0.4) is 0 Å². The van der Waals surface area contributed by atoms with E-state index in [2.05, 4.69) is 4.98 Å². The van der Waals surface area contributed by atoms with Gasteiger partial charge in [0.2, 0.25) is 0 Å². The Hall–Kier alpha value is -2.55. The average molecular weight is 265 g/mol. The zero-order valence-electron chi connectivity index (χ0n) is 10.9. The molecule has 2 aromatic carbocycles. The predicted molar refractivity (Wildman–Crippen MR) is 76.3 cm³/mol. The molecule has 3 rings (SSSR count). The molecular weight excluding hydrogens is 253 g/mol. The van der Waals surface area contributed by atoms with Crippen LogP contribution in [0.25, 0.3) is 10.9 Å². The molecule has 1 heterocycles. The van der Waals surface area contributed by atoms with Gasteiger partial charge in [-0.25, -0.2) is 4.39 Å². The molecule has 2 nitrogen and oxygen atoms in total. The van der Waals surface area contributed by atoms with Crippen LogP contribution in [-0.2, 0) is 0 Å². The van der Waals surface area contributed by atoms with Crippen LogP contribution >= 0.6 is 0 Å². The van der Waals surface area contributed by atoms with Gasteiger partial charge in [0.15, 0.2) is 5.78 Å². The molecule has 0 fully saturated rings. The minimum absolute atomic E-state index is 0.118. The van der Waals surface area contributed by atoms with Crippen molar-refractivity contribution in [1.29, 1.82) is 0 Å². The summed E-state index contributed by atoms with van der Waals surface area (Å²) in [6.07, 6.45) is 0. The fraction of sp³-hybridized carbons (Fsp3) is 0.0588. The first-order valence-electron chi connectivity index (χ1n) is 6.31. The van der Waals surface area contributed by atoms with E-state index in [-0.39, 0.29) is 11.6 Å². The van der Waals surface area contributed by atoms with Gasteiger partial charge in [-0.05, 0) is 55.5 Å². The lowest BCUT2D eigenvalue weighted by Crippen LogP contribution is -2.01. The molecule has 0 atom stereocenters. The minimum atomic E-state index is -0.347. The second-order valence-electron chi connectivity index (χ2n) is 4.70. The summed E-state index contributed by atoms with van der Waals surface area (Å²) in [5.74, 6) is -0.466. The van der Waals surface area contributed by atoms with Crippen molar-refractivity contribution in [2.45, 2.75) is 6.92 Å². The van der Waals surface area contributed by atoms with E-state index in [1.54, 1.807) is 6.07 Å². The number of ketones is 1. The zero-order chi connectivity index (χ0) is 14.1. The van der Waals surface area contributed by atoms with E-state index in [1.807, 2.05) is 31.2 Å². The molecule has 0 aliphatic carbocycles. The third-order valence-corrected chi connectivity index (χ3v) is 3.20. The topological polar surface area (TPSA) is 30.0 Å². The first-order valence-corrected chi connectivity index (χ1v) is 6.31. The molecule has 0 N–H and O–H groups in total. The Kier molecular flexibility index (Phi) is 3.03. The van der Waals surface area contributed by atoms with Crippen molar-refractivity contribution in [3.8, 4) is 0 Å². The summed E-state index contributed by atoms with van der Waals surface area (Å²) in [6, 6.07) is 14.8. The first-order chi connectivity index (χ1) is 9.63. The molecule has 20 heavy (non-hydrogen) atoms. The lowest BCUT2D eigenvalue weighted by molar-refractivity contribution is 0.103. The number of carbonyl (C=O) groups is 1. The van der Waals surface area contributed by atoms with Crippen molar-refractivity contribution < 1.29 is 9.18 Å². The van der Waals surface area contributed by atoms with E-state index < -0.39 is 0 Å². The highest BCUT2D eigenvalue weighted by molar-refractivity contribution is 6.10. The van der Waals surface area contributed by atoms with Crippen LogP contribution < -0.4 is 0 Å². The van der Waals surface area contributed by atoms with E-state index in [0.29, 0.717) is 11.1 Å². The number of halogens is 1. The molecule has 0 saturated carbocycles. The van der Waals surface area contributed by atoms with Crippen LogP contribution in [0.1, 0.15) is 21.6 Å². The molecule has 0 bridgehead atoms. The number of benzene rings is 2. The Labute approximate surface area is 115 Å². The number of aryl methyl sites for hydroxylation is 1. The molecule has 0 radical (unpaired) electrons. The number of carbonyl (C=O) groups excluding carboxylic acids is 1. The van der Waals surface area contributed by atoms with E-state index >= 15 is 0 Å². The molecule has 0 spiro atoms. The Bertz CT molecular complexity index is 794. The summed E-state index contributed by atoms with van der Waals surface area (Å²) in [7, 11) is 0. The number of hydrogen-bond donors (Lipinski definition) is 0. The van der Waals surface area contributed by atoms with Crippen molar-refractivity contribution in [3.63, 3.8) is 0 Å². The third kappa shape index (κ3) is 2.30. The summed E-state index contributed by atoms with van der Waals surface area (Å²) >= 11 is 0. The van der Waals surface area contributed by atoms with Gasteiger partial charge in [0.05, 0.1) is 5.52 Å². The quantitative estimate of drug-likeness (QED) is 0.657. The molecular formula is C17H12FNO. The molecule has 0 aliphatic heterocycles. The number of nitrogens with zero attached hydrogens (tertiary/aromatic N) is 1. The van der Waals surface area contributed by atoms with Crippen LogP contribution in [0.2, 0.25) is 0 Å². The Balaban J connectivity index is 2.03. The normalized spacial score (nSPS) is 10.7. The maximum absolute atomic E-state index is 12.9. The number of pyridine rings is 1. The number of aromatic nitrogens is 1. The van der Waals surface area contributed by atoms with Gasteiger partial charge < -0.3 is 0 Å². The number of fused-ring (bicyclic) bond motifs is 1. The van der Waals surface area contributed by atoms with Gasteiger partial charge in [0, 0.05) is 22.2 Å². The number of hydrogen-bond acceptors (Lipinski definition) is 2. The maximum atomic E-state index is 12.9. The van der Waals surface area contributed by atoms with Crippen LogP contribution in [0, 0.1) is 12.7 Å². The van der Waals surface area contributed by atoms with Crippen molar-refractivity contribution in [2.24, 2.45) is 0 Å². The minimum Gasteiger partial charge on any atom is -0.289 e. The fourth-order valence-electron chi connectivity index (χ4n) is 2.14. The van der Waals surface area contributed by atoms with Gasteiger partial charge in [0.1, 0.15) is 5.82 Å². The van der Waals surface area contributed by atoms with Gasteiger partial charge in [-0.2, -0.15) is 0 Å². The smallest absolute Gasteiger partial charge is 0.193 e. The van der Waals surface area contributed by atoms with E-state index in [1.165, 1.54) is 24.3 Å². The Morgan fingerprint density at radius 1 is 0.950 bits per heavy atom. The predicted octanol–water partition coefficient (Wildman–Crippen LogP) is 3.91. The van der Waals surface area contributed by atoms with Crippen LogP contribution in [0.5, 0.6) is 0 Å². The summed E-state index contributed by atoms with van der Waals surface area (Å²) in [5, 5.41) is 0.920. The zero-order valence-corrected chi connectivity index (χ0v) is 10.9. The third-order valence-electron chi connectivity index (χ3n) is 3.20. The lowest BCUT2D eigenvalue weighted by atomic mass is 10.0. The molecule has 0 aliphatic rings. The van der Waals surface area contributed by atoms with Crippen molar-refractivity contribution >= 4 is 16.7 Å². The monoisotopic (exact) mass is 265 g/mol.